The number of nitrogens with zero attached hydrogens (tertiary/aromatic N) is 1. The maximum absolute atomic E-state index is 12.2. The molecule has 0 bridgehead atoms. The second-order valence-electron chi connectivity index (χ2n) is 5.06. The molecule has 24 heavy (non-hydrogen) atoms. The van der Waals surface area contributed by atoms with Crippen molar-refractivity contribution in [1.29, 1.82) is 0 Å². The number of furan rings is 1. The van der Waals surface area contributed by atoms with E-state index < -0.39 is 0 Å². The van der Waals surface area contributed by atoms with E-state index in [1.165, 1.54) is 0 Å². The molecule has 0 unspecified atom stereocenters. The number of aliphatic imine (C=N–C) groups is 1. The second kappa shape index (κ2) is 9.19. The third kappa shape index (κ3) is 5.31. The van der Waals surface area contributed by atoms with E-state index in [9.17, 15) is 4.79 Å². The zero-order valence-electron chi connectivity index (χ0n) is 13.7. The predicted octanol–water partition coefficient (Wildman–Crippen LogP) is 2.06. The molecule has 6 nitrogen and oxygen atoms in total. The van der Waals surface area contributed by atoms with Crippen LogP contribution >= 0.6 is 0 Å². The van der Waals surface area contributed by atoms with Gasteiger partial charge in [0.15, 0.2) is 5.96 Å². The Morgan fingerprint density at radius 1 is 1.21 bits per heavy atom. The second-order valence-corrected chi connectivity index (χ2v) is 5.06. The Labute approximate surface area is 141 Å². The third-order valence-corrected chi connectivity index (χ3v) is 3.29. The molecule has 1 aromatic heterocycles. The number of carbonyl (C=O) groups excluding carboxylic acids is 1. The lowest BCUT2D eigenvalue weighted by Gasteiger charge is -2.11. The molecule has 0 radical (unpaired) electrons. The van der Waals surface area contributed by atoms with E-state index in [2.05, 4.69) is 27.5 Å². The minimum absolute atomic E-state index is 0.137. The molecular weight excluding hydrogens is 304 g/mol. The van der Waals surface area contributed by atoms with E-state index in [0.29, 0.717) is 31.2 Å². The van der Waals surface area contributed by atoms with Crippen LogP contribution in [0.1, 0.15) is 21.7 Å². The molecule has 1 aromatic carbocycles. The van der Waals surface area contributed by atoms with E-state index >= 15 is 0 Å². The van der Waals surface area contributed by atoms with Crippen molar-refractivity contribution in [1.82, 2.24) is 16.0 Å². The fourth-order valence-electron chi connectivity index (χ4n) is 2.08. The molecule has 1 heterocycles. The molecule has 0 saturated carbocycles. The van der Waals surface area contributed by atoms with Gasteiger partial charge >= 0.3 is 0 Å². The number of guanidine groups is 1. The van der Waals surface area contributed by atoms with Crippen molar-refractivity contribution in [3.63, 3.8) is 0 Å². The van der Waals surface area contributed by atoms with Crippen LogP contribution in [-0.2, 0) is 13.1 Å². The Bertz CT molecular complexity index is 693. The van der Waals surface area contributed by atoms with Crippen molar-refractivity contribution in [2.24, 2.45) is 4.99 Å². The summed E-state index contributed by atoms with van der Waals surface area (Å²) in [7, 11) is 1.71. The Morgan fingerprint density at radius 2 is 2.08 bits per heavy atom. The number of carbonyl (C=O) groups is 1. The molecule has 0 saturated heterocycles. The third-order valence-electron chi connectivity index (χ3n) is 3.29. The van der Waals surface area contributed by atoms with Gasteiger partial charge in [-0.15, -0.1) is 6.58 Å². The van der Waals surface area contributed by atoms with Crippen molar-refractivity contribution < 1.29 is 9.21 Å². The van der Waals surface area contributed by atoms with Gasteiger partial charge in [-0.3, -0.25) is 9.79 Å². The number of amides is 1. The van der Waals surface area contributed by atoms with Crippen LogP contribution in [0.5, 0.6) is 0 Å². The topological polar surface area (TPSA) is 78.7 Å². The van der Waals surface area contributed by atoms with Gasteiger partial charge in [-0.05, 0) is 29.8 Å². The first-order valence-electron chi connectivity index (χ1n) is 7.68. The number of rotatable bonds is 7. The molecule has 1 amide bonds. The van der Waals surface area contributed by atoms with Gasteiger partial charge < -0.3 is 20.4 Å². The number of benzene rings is 1. The van der Waals surface area contributed by atoms with Gasteiger partial charge in [0.05, 0.1) is 12.8 Å². The van der Waals surface area contributed by atoms with Gasteiger partial charge in [0.1, 0.15) is 5.76 Å². The summed E-state index contributed by atoms with van der Waals surface area (Å²) in [5, 5.41) is 9.11. The zero-order chi connectivity index (χ0) is 17.2. The average Bonchev–Trinajstić information content (AvgIpc) is 3.13. The first kappa shape index (κ1) is 17.3. The van der Waals surface area contributed by atoms with Gasteiger partial charge in [-0.2, -0.15) is 0 Å². The maximum Gasteiger partial charge on any atom is 0.251 e. The van der Waals surface area contributed by atoms with Crippen LogP contribution in [0, 0.1) is 0 Å². The highest BCUT2D eigenvalue weighted by atomic mass is 16.3. The highest BCUT2D eigenvalue weighted by Crippen LogP contribution is 2.06. The summed E-state index contributed by atoms with van der Waals surface area (Å²) in [6.45, 7) is 5.22. The molecule has 3 N–H and O–H groups in total. The molecule has 0 aliphatic carbocycles. The van der Waals surface area contributed by atoms with Crippen LogP contribution in [0.2, 0.25) is 0 Å². The Balaban J connectivity index is 1.90. The summed E-state index contributed by atoms with van der Waals surface area (Å²) in [5.74, 6) is 1.27. The van der Waals surface area contributed by atoms with Crippen molar-refractivity contribution in [3.8, 4) is 0 Å². The lowest BCUT2D eigenvalue weighted by molar-refractivity contribution is 0.0948. The first-order valence-corrected chi connectivity index (χ1v) is 7.68. The van der Waals surface area contributed by atoms with Gasteiger partial charge in [-0.25, -0.2) is 0 Å². The zero-order valence-corrected chi connectivity index (χ0v) is 13.7. The fourth-order valence-corrected chi connectivity index (χ4v) is 2.08. The van der Waals surface area contributed by atoms with E-state index in [0.717, 1.165) is 11.3 Å². The van der Waals surface area contributed by atoms with E-state index in [1.54, 1.807) is 31.5 Å². The van der Waals surface area contributed by atoms with Crippen LogP contribution in [0.4, 0.5) is 0 Å². The van der Waals surface area contributed by atoms with Gasteiger partial charge in [0.2, 0.25) is 0 Å². The summed E-state index contributed by atoms with van der Waals surface area (Å²) in [4.78, 5) is 16.3. The van der Waals surface area contributed by atoms with E-state index in [4.69, 9.17) is 4.42 Å². The van der Waals surface area contributed by atoms with Crippen LogP contribution < -0.4 is 16.0 Å². The summed E-state index contributed by atoms with van der Waals surface area (Å²) in [6.07, 6.45) is 3.35. The normalized spacial score (nSPS) is 11.0. The Morgan fingerprint density at radius 3 is 2.79 bits per heavy atom. The number of nitrogens with one attached hydrogen (secondary N) is 3. The predicted molar refractivity (Wildman–Crippen MR) is 94.7 cm³/mol. The number of hydrogen-bond acceptors (Lipinski definition) is 3. The van der Waals surface area contributed by atoms with Crippen LogP contribution in [0.15, 0.2) is 64.7 Å². The largest absolute Gasteiger partial charge is 0.467 e. The van der Waals surface area contributed by atoms with Gasteiger partial charge in [0.25, 0.3) is 5.91 Å². The summed E-state index contributed by atoms with van der Waals surface area (Å²) in [6, 6.07) is 11.1. The quantitative estimate of drug-likeness (QED) is 0.413. The molecule has 0 spiro atoms. The molecule has 0 fully saturated rings. The van der Waals surface area contributed by atoms with E-state index in [-0.39, 0.29) is 5.91 Å². The molecule has 2 rings (SSSR count). The van der Waals surface area contributed by atoms with Crippen molar-refractivity contribution in [3.05, 3.63) is 72.2 Å². The smallest absolute Gasteiger partial charge is 0.251 e. The average molecular weight is 326 g/mol. The molecule has 0 atom stereocenters. The molecular formula is C18H22N4O2. The summed E-state index contributed by atoms with van der Waals surface area (Å²) in [5.41, 5.74) is 1.59. The Kier molecular flexibility index (Phi) is 6.64. The Hall–Kier alpha value is -3.02. The van der Waals surface area contributed by atoms with Crippen LogP contribution in [-0.4, -0.2) is 25.5 Å². The molecule has 126 valence electrons. The van der Waals surface area contributed by atoms with Crippen LogP contribution in [0.3, 0.4) is 0 Å². The van der Waals surface area contributed by atoms with Crippen molar-refractivity contribution >= 4 is 11.9 Å². The SMILES string of the molecule is C=CCNC(=NC)NCc1cccc(C(=O)NCc2ccco2)c1. The molecule has 0 aliphatic rings. The minimum atomic E-state index is -0.137. The highest BCUT2D eigenvalue weighted by Gasteiger charge is 2.07. The summed E-state index contributed by atoms with van der Waals surface area (Å²) >= 11 is 0. The standard InChI is InChI=1S/C18H22N4O2/c1-3-9-20-18(19-2)22-12-14-6-4-7-15(11-14)17(23)21-13-16-8-5-10-24-16/h3-8,10-11H,1,9,12-13H2,2H3,(H,21,23)(H2,19,20,22). The summed E-state index contributed by atoms with van der Waals surface area (Å²) < 4.78 is 5.20. The fraction of sp³-hybridized carbons (Fsp3) is 0.222. The van der Waals surface area contributed by atoms with Gasteiger partial charge in [-0.1, -0.05) is 18.2 Å². The van der Waals surface area contributed by atoms with Crippen molar-refractivity contribution in [2.75, 3.05) is 13.6 Å². The van der Waals surface area contributed by atoms with Gasteiger partial charge in [0, 0.05) is 25.7 Å². The molecule has 6 heteroatoms. The lowest BCUT2D eigenvalue weighted by atomic mass is 10.1. The lowest BCUT2D eigenvalue weighted by Crippen LogP contribution is -2.36. The first-order chi connectivity index (χ1) is 11.7. The highest BCUT2D eigenvalue weighted by molar-refractivity contribution is 5.94. The minimum Gasteiger partial charge on any atom is -0.467 e. The van der Waals surface area contributed by atoms with Crippen LogP contribution in [0.25, 0.3) is 0 Å². The molecule has 2 aromatic rings. The maximum atomic E-state index is 12.2. The molecule has 0 aliphatic heterocycles. The monoisotopic (exact) mass is 326 g/mol. The number of hydrogen-bond donors (Lipinski definition) is 3. The van der Waals surface area contributed by atoms with E-state index in [1.807, 2.05) is 24.3 Å². The van der Waals surface area contributed by atoms with Crippen molar-refractivity contribution in [2.45, 2.75) is 13.1 Å².